The summed E-state index contributed by atoms with van der Waals surface area (Å²) < 4.78 is 5.32. The predicted molar refractivity (Wildman–Crippen MR) is 91.5 cm³/mol. The molecule has 5 nitrogen and oxygen atoms in total. The van der Waals surface area contributed by atoms with Crippen molar-refractivity contribution in [2.45, 2.75) is 45.3 Å². The van der Waals surface area contributed by atoms with Crippen molar-refractivity contribution in [3.8, 4) is 5.75 Å². The Morgan fingerprint density at radius 2 is 2.00 bits per heavy atom. The van der Waals surface area contributed by atoms with Gasteiger partial charge in [-0.2, -0.15) is 0 Å². The summed E-state index contributed by atoms with van der Waals surface area (Å²) in [6, 6.07) is 5.75. The van der Waals surface area contributed by atoms with E-state index < -0.39 is 5.66 Å². The first-order valence-corrected chi connectivity index (χ1v) is 7.72. The molecule has 0 saturated carbocycles. The first kappa shape index (κ1) is 15.1. The second kappa shape index (κ2) is 4.59. The molecular weight excluding hydrogens is 298 g/mol. The lowest BCUT2D eigenvalue weighted by molar-refractivity contribution is -0.117. The number of hydrogen-bond donors (Lipinski definition) is 1. The Kier molecular flexibility index (Phi) is 3.15. The fourth-order valence-electron chi connectivity index (χ4n) is 3.84. The lowest BCUT2D eigenvalue weighted by atomic mass is 9.88. The van der Waals surface area contributed by atoms with Gasteiger partial charge in [0, 0.05) is 24.9 Å². The lowest BCUT2D eigenvalue weighted by Gasteiger charge is -2.51. The van der Waals surface area contributed by atoms with Crippen molar-refractivity contribution in [1.29, 1.82) is 0 Å². The molecule has 1 aromatic rings. The van der Waals surface area contributed by atoms with E-state index in [1.54, 1.807) is 14.0 Å². The van der Waals surface area contributed by atoms with Crippen LogP contribution in [0.4, 0.5) is 11.4 Å². The van der Waals surface area contributed by atoms with Gasteiger partial charge in [0.25, 0.3) is 0 Å². The van der Waals surface area contributed by atoms with Gasteiger partial charge < -0.3 is 10.1 Å². The summed E-state index contributed by atoms with van der Waals surface area (Å²) in [5.41, 5.74) is 1.09. The van der Waals surface area contributed by atoms with Crippen LogP contribution >= 0.6 is 12.2 Å². The minimum atomic E-state index is -0.508. The number of rotatable bonds is 1. The normalized spacial score (nSPS) is 25.4. The second-order valence-electron chi connectivity index (χ2n) is 6.75. The Labute approximate surface area is 136 Å². The molecule has 1 N–H and O–H groups in total. The van der Waals surface area contributed by atoms with E-state index >= 15 is 0 Å². The molecule has 1 fully saturated rings. The van der Waals surface area contributed by atoms with Gasteiger partial charge in [0.05, 0.1) is 18.5 Å². The van der Waals surface area contributed by atoms with Crippen LogP contribution in [0.2, 0.25) is 0 Å². The largest absolute Gasteiger partial charge is 0.497 e. The molecule has 1 atom stereocenters. The van der Waals surface area contributed by atoms with E-state index in [2.05, 4.69) is 26.1 Å². The number of amides is 1. The van der Waals surface area contributed by atoms with Crippen molar-refractivity contribution in [2.75, 3.05) is 16.9 Å². The van der Waals surface area contributed by atoms with Crippen molar-refractivity contribution in [3.05, 3.63) is 18.2 Å². The monoisotopic (exact) mass is 319 g/mol. The molecule has 0 aliphatic carbocycles. The number of methoxy groups -OCH3 is 1. The van der Waals surface area contributed by atoms with Gasteiger partial charge in [-0.05, 0) is 45.1 Å². The molecule has 0 bridgehead atoms. The number of thiocarbonyl (C=S) groups is 1. The summed E-state index contributed by atoms with van der Waals surface area (Å²) in [5, 5.41) is 4.02. The average Bonchev–Trinajstić information content (AvgIpc) is 2.63. The highest BCUT2D eigenvalue weighted by Crippen LogP contribution is 2.51. The SMILES string of the molecule is COc1ccc2c(c1)N(C(C)=O)C1(C)CC(C)(C)NC(=S)N21. The molecule has 1 aromatic carbocycles. The minimum Gasteiger partial charge on any atom is -0.497 e. The van der Waals surface area contributed by atoms with Crippen LogP contribution in [0.15, 0.2) is 18.2 Å². The summed E-state index contributed by atoms with van der Waals surface area (Å²) in [5.74, 6) is 0.728. The number of ether oxygens (including phenoxy) is 1. The zero-order valence-corrected chi connectivity index (χ0v) is 14.4. The Balaban J connectivity index is 2.22. The number of carbonyl (C=O) groups is 1. The van der Waals surface area contributed by atoms with Crippen LogP contribution in [-0.4, -0.2) is 29.3 Å². The third-order valence-electron chi connectivity index (χ3n) is 4.37. The molecule has 1 saturated heterocycles. The first-order valence-electron chi connectivity index (χ1n) is 7.31. The molecule has 2 aliphatic rings. The van der Waals surface area contributed by atoms with Crippen molar-refractivity contribution in [1.82, 2.24) is 5.32 Å². The van der Waals surface area contributed by atoms with Crippen LogP contribution in [0.3, 0.4) is 0 Å². The maximum atomic E-state index is 12.4. The van der Waals surface area contributed by atoms with Crippen LogP contribution in [0.25, 0.3) is 0 Å². The summed E-state index contributed by atoms with van der Waals surface area (Å²) >= 11 is 5.59. The third kappa shape index (κ3) is 1.97. The lowest BCUT2D eigenvalue weighted by Crippen LogP contribution is -2.70. The second-order valence-corrected chi connectivity index (χ2v) is 7.14. The first-order chi connectivity index (χ1) is 10.2. The zero-order valence-electron chi connectivity index (χ0n) is 13.6. The highest BCUT2D eigenvalue weighted by molar-refractivity contribution is 7.80. The molecule has 22 heavy (non-hydrogen) atoms. The molecule has 1 unspecified atom stereocenters. The van der Waals surface area contributed by atoms with Crippen LogP contribution < -0.4 is 19.9 Å². The molecule has 118 valence electrons. The summed E-state index contributed by atoms with van der Waals surface area (Å²) in [6.07, 6.45) is 0.761. The van der Waals surface area contributed by atoms with Crippen LogP contribution in [0, 0.1) is 0 Å². The third-order valence-corrected chi connectivity index (χ3v) is 4.65. The number of fused-ring (bicyclic) bond motifs is 3. The highest BCUT2D eigenvalue weighted by Gasteiger charge is 2.55. The minimum absolute atomic E-state index is 0.00000283. The molecule has 0 spiro atoms. The Morgan fingerprint density at radius 3 is 2.59 bits per heavy atom. The number of anilines is 2. The maximum absolute atomic E-state index is 12.4. The molecule has 3 rings (SSSR count). The Morgan fingerprint density at radius 1 is 1.32 bits per heavy atom. The van der Waals surface area contributed by atoms with E-state index in [1.807, 2.05) is 28.0 Å². The fourth-order valence-corrected chi connectivity index (χ4v) is 4.41. The highest BCUT2D eigenvalue weighted by atomic mass is 32.1. The summed E-state index contributed by atoms with van der Waals surface area (Å²) in [7, 11) is 1.62. The van der Waals surface area contributed by atoms with E-state index in [9.17, 15) is 4.79 Å². The van der Waals surface area contributed by atoms with Gasteiger partial charge in [0.1, 0.15) is 11.4 Å². The number of benzene rings is 1. The molecule has 0 aromatic heterocycles. The fraction of sp³-hybridized carbons (Fsp3) is 0.500. The average molecular weight is 319 g/mol. The van der Waals surface area contributed by atoms with Gasteiger partial charge in [0.15, 0.2) is 5.11 Å². The number of nitrogens with zero attached hydrogens (tertiary/aromatic N) is 2. The van der Waals surface area contributed by atoms with E-state index in [0.717, 1.165) is 23.5 Å². The van der Waals surface area contributed by atoms with Crippen LogP contribution in [0.1, 0.15) is 34.1 Å². The van der Waals surface area contributed by atoms with Gasteiger partial charge in [-0.15, -0.1) is 0 Å². The zero-order chi connectivity index (χ0) is 16.3. The van der Waals surface area contributed by atoms with E-state index in [-0.39, 0.29) is 11.4 Å². The maximum Gasteiger partial charge on any atom is 0.225 e. The van der Waals surface area contributed by atoms with Gasteiger partial charge in [-0.25, -0.2) is 0 Å². The van der Waals surface area contributed by atoms with E-state index in [0.29, 0.717) is 5.11 Å². The quantitative estimate of drug-likeness (QED) is 0.806. The molecule has 0 radical (unpaired) electrons. The van der Waals surface area contributed by atoms with Crippen LogP contribution in [-0.2, 0) is 4.79 Å². The summed E-state index contributed by atoms with van der Waals surface area (Å²) in [6.45, 7) is 7.86. The molecule has 1 amide bonds. The van der Waals surface area contributed by atoms with Crippen molar-refractivity contribution in [2.24, 2.45) is 0 Å². The topological polar surface area (TPSA) is 44.8 Å². The standard InChI is InChI=1S/C16H21N3O2S/c1-10(20)18-13-8-11(21-5)6-7-12(13)19-14(22)17-15(2,3)9-16(18,19)4/h6-8H,9H2,1-5H3,(H,17,22). The molecule has 6 heteroatoms. The Bertz CT molecular complexity index is 673. The number of carbonyl (C=O) groups excluding carboxylic acids is 1. The van der Waals surface area contributed by atoms with E-state index in [4.69, 9.17) is 17.0 Å². The number of nitrogens with one attached hydrogen (secondary N) is 1. The molecule has 2 heterocycles. The smallest absolute Gasteiger partial charge is 0.225 e. The van der Waals surface area contributed by atoms with Gasteiger partial charge in [0.2, 0.25) is 5.91 Å². The Hall–Kier alpha value is -1.82. The number of hydrogen-bond acceptors (Lipinski definition) is 3. The van der Waals surface area contributed by atoms with Crippen LogP contribution in [0.5, 0.6) is 5.75 Å². The predicted octanol–water partition coefficient (Wildman–Crippen LogP) is 2.64. The summed E-state index contributed by atoms with van der Waals surface area (Å²) in [4.78, 5) is 16.3. The van der Waals surface area contributed by atoms with Crippen molar-refractivity contribution in [3.63, 3.8) is 0 Å². The van der Waals surface area contributed by atoms with Crippen molar-refractivity contribution < 1.29 is 9.53 Å². The molecule has 2 aliphatic heterocycles. The van der Waals surface area contributed by atoms with Gasteiger partial charge >= 0.3 is 0 Å². The van der Waals surface area contributed by atoms with E-state index in [1.165, 1.54) is 0 Å². The van der Waals surface area contributed by atoms with Crippen molar-refractivity contribution >= 4 is 34.6 Å². The molecular formula is C16H21N3O2S. The van der Waals surface area contributed by atoms with Gasteiger partial charge in [-0.1, -0.05) is 0 Å². The van der Waals surface area contributed by atoms with Gasteiger partial charge in [-0.3, -0.25) is 14.6 Å².